The highest BCUT2D eigenvalue weighted by molar-refractivity contribution is 4.87. The Balaban J connectivity index is 2.63. The van der Waals surface area contributed by atoms with Gasteiger partial charge in [-0.25, -0.2) is 0 Å². The Kier molecular flexibility index (Phi) is 2.99. The zero-order chi connectivity index (χ0) is 9.30. The highest BCUT2D eigenvalue weighted by Gasteiger charge is 2.42. The normalized spacial score (nSPS) is 49.2. The fraction of sp³-hybridized carbons (Fsp3) is 1.00. The Hall–Kier alpha value is -0.240. The molecule has 1 fully saturated rings. The van der Waals surface area contributed by atoms with Crippen molar-refractivity contribution < 1.29 is 30.3 Å². The number of aliphatic hydroxyl groups excluding tert-OH is 5. The molecule has 1 aliphatic rings. The van der Waals surface area contributed by atoms with Crippen molar-refractivity contribution in [2.75, 3.05) is 6.61 Å². The third-order valence-corrected chi connectivity index (χ3v) is 1.87. The maximum Gasteiger partial charge on any atom is 0.184 e. The lowest BCUT2D eigenvalue weighted by molar-refractivity contribution is -0.286. The van der Waals surface area contributed by atoms with E-state index in [1.54, 1.807) is 0 Å². The standard InChI is InChI=1S/C6H12O6/c7-1-2-3(8)4(9)5(10)6(11)12-2/h2-11H,1H2/t2-,3-,4+,5-,6?/m0/s1. The average molecular weight is 180 g/mol. The Morgan fingerprint density at radius 2 is 1.50 bits per heavy atom. The molecule has 1 unspecified atom stereocenters. The summed E-state index contributed by atoms with van der Waals surface area (Å²) in [6, 6.07) is 0. The van der Waals surface area contributed by atoms with Crippen LogP contribution in [0, 0.1) is 0 Å². The molecule has 0 radical (unpaired) electrons. The van der Waals surface area contributed by atoms with Crippen molar-refractivity contribution >= 4 is 0 Å². The van der Waals surface area contributed by atoms with Crippen molar-refractivity contribution in [3.63, 3.8) is 0 Å². The number of ether oxygens (including phenoxy) is 1. The summed E-state index contributed by atoms with van der Waals surface area (Å²) in [5, 5.41) is 44.7. The lowest BCUT2D eigenvalue weighted by atomic mass is 10.00. The van der Waals surface area contributed by atoms with Gasteiger partial charge in [-0.3, -0.25) is 0 Å². The molecule has 6 heteroatoms. The summed E-state index contributed by atoms with van der Waals surface area (Å²) in [5.74, 6) is 0. The van der Waals surface area contributed by atoms with E-state index in [0.717, 1.165) is 0 Å². The number of aliphatic hydroxyl groups is 5. The van der Waals surface area contributed by atoms with Crippen LogP contribution in [0.15, 0.2) is 0 Å². The topological polar surface area (TPSA) is 110 Å². The number of hydrogen-bond donors (Lipinski definition) is 5. The summed E-state index contributed by atoms with van der Waals surface area (Å²) < 4.78 is 4.58. The van der Waals surface area contributed by atoms with Crippen LogP contribution in [0.25, 0.3) is 0 Å². The first kappa shape index (κ1) is 9.85. The maximum absolute atomic E-state index is 9.12. The maximum atomic E-state index is 9.12. The first-order chi connectivity index (χ1) is 5.57. The predicted molar refractivity (Wildman–Crippen MR) is 36.0 cm³/mol. The van der Waals surface area contributed by atoms with Gasteiger partial charge in [-0.2, -0.15) is 0 Å². The molecule has 1 aliphatic heterocycles. The first-order valence-electron chi connectivity index (χ1n) is 3.56. The fourth-order valence-electron chi connectivity index (χ4n) is 1.08. The van der Waals surface area contributed by atoms with Gasteiger partial charge in [0.25, 0.3) is 0 Å². The predicted octanol–water partition coefficient (Wildman–Crippen LogP) is -3.22. The fourth-order valence-corrected chi connectivity index (χ4v) is 1.08. The largest absolute Gasteiger partial charge is 0.394 e. The van der Waals surface area contributed by atoms with Gasteiger partial charge in [-0.05, 0) is 0 Å². The molecule has 0 aliphatic carbocycles. The monoisotopic (exact) mass is 180 g/mol. The van der Waals surface area contributed by atoms with Crippen LogP contribution in [-0.4, -0.2) is 62.8 Å². The molecule has 0 aromatic heterocycles. The second-order valence-electron chi connectivity index (χ2n) is 2.72. The molecule has 5 atom stereocenters. The third kappa shape index (κ3) is 1.58. The van der Waals surface area contributed by atoms with Crippen LogP contribution in [0.3, 0.4) is 0 Å². The van der Waals surface area contributed by atoms with Crippen molar-refractivity contribution in [1.29, 1.82) is 0 Å². The van der Waals surface area contributed by atoms with Gasteiger partial charge in [0.15, 0.2) is 6.29 Å². The number of hydrogen-bond acceptors (Lipinski definition) is 6. The van der Waals surface area contributed by atoms with Gasteiger partial charge in [0.2, 0.25) is 0 Å². The van der Waals surface area contributed by atoms with Gasteiger partial charge >= 0.3 is 0 Å². The van der Waals surface area contributed by atoms with E-state index in [2.05, 4.69) is 4.74 Å². The third-order valence-electron chi connectivity index (χ3n) is 1.87. The van der Waals surface area contributed by atoms with Crippen LogP contribution in [0.2, 0.25) is 0 Å². The van der Waals surface area contributed by atoms with Gasteiger partial charge in [-0.1, -0.05) is 0 Å². The molecule has 1 rings (SSSR count). The van der Waals surface area contributed by atoms with Gasteiger partial charge in [-0.15, -0.1) is 0 Å². The molecule has 1 heterocycles. The highest BCUT2D eigenvalue weighted by Crippen LogP contribution is 2.18. The summed E-state index contributed by atoms with van der Waals surface area (Å²) in [7, 11) is 0. The molecule has 0 spiro atoms. The average Bonchev–Trinajstić information content (AvgIpc) is 2.08. The van der Waals surface area contributed by atoms with Crippen LogP contribution < -0.4 is 0 Å². The van der Waals surface area contributed by atoms with Crippen LogP contribution in [0.5, 0.6) is 0 Å². The summed E-state index contributed by atoms with van der Waals surface area (Å²) >= 11 is 0. The van der Waals surface area contributed by atoms with Crippen LogP contribution in [0.4, 0.5) is 0 Å². The summed E-state index contributed by atoms with van der Waals surface area (Å²) in [6.07, 6.45) is -7.04. The molecule has 12 heavy (non-hydrogen) atoms. The Labute approximate surface area is 68.6 Å². The van der Waals surface area contributed by atoms with Crippen LogP contribution in [0.1, 0.15) is 0 Å². The Morgan fingerprint density at radius 3 is 2.00 bits per heavy atom. The lowest BCUT2D eigenvalue weighted by Gasteiger charge is -2.37. The second kappa shape index (κ2) is 3.65. The molecular weight excluding hydrogens is 168 g/mol. The van der Waals surface area contributed by atoms with Gasteiger partial charge in [0.05, 0.1) is 6.61 Å². The Bertz CT molecular complexity index is 146. The molecule has 0 bridgehead atoms. The van der Waals surface area contributed by atoms with E-state index in [1.165, 1.54) is 0 Å². The van der Waals surface area contributed by atoms with Gasteiger partial charge in [0.1, 0.15) is 24.4 Å². The van der Waals surface area contributed by atoms with Crippen molar-refractivity contribution in [1.82, 2.24) is 0 Å². The molecule has 72 valence electrons. The first-order valence-corrected chi connectivity index (χ1v) is 3.56. The molecule has 1 saturated heterocycles. The number of rotatable bonds is 1. The van der Waals surface area contributed by atoms with Crippen molar-refractivity contribution in [3.05, 3.63) is 0 Å². The SMILES string of the molecule is OC[C@@H]1OC(O)[C@@H](O)[C@H](O)[C@H]1O. The minimum atomic E-state index is -1.57. The molecule has 0 aromatic carbocycles. The molecule has 0 amide bonds. The van der Waals surface area contributed by atoms with E-state index in [9.17, 15) is 0 Å². The minimum Gasteiger partial charge on any atom is -0.394 e. The minimum absolute atomic E-state index is 0.526. The van der Waals surface area contributed by atoms with E-state index in [0.29, 0.717) is 0 Å². The van der Waals surface area contributed by atoms with E-state index in [-0.39, 0.29) is 0 Å². The molecular formula is C6H12O6. The van der Waals surface area contributed by atoms with Gasteiger partial charge in [0, 0.05) is 0 Å². The quantitative estimate of drug-likeness (QED) is 0.290. The summed E-state index contributed by atoms with van der Waals surface area (Å²) in [4.78, 5) is 0. The van der Waals surface area contributed by atoms with Crippen LogP contribution in [-0.2, 0) is 4.74 Å². The summed E-state index contributed by atoms with van der Waals surface area (Å²) in [6.45, 7) is -0.526. The molecule has 0 saturated carbocycles. The van der Waals surface area contributed by atoms with Crippen molar-refractivity contribution in [2.24, 2.45) is 0 Å². The van der Waals surface area contributed by atoms with Crippen molar-refractivity contribution in [3.8, 4) is 0 Å². The second-order valence-corrected chi connectivity index (χ2v) is 2.72. The molecule has 0 aromatic rings. The van der Waals surface area contributed by atoms with E-state index >= 15 is 0 Å². The van der Waals surface area contributed by atoms with Crippen molar-refractivity contribution in [2.45, 2.75) is 30.7 Å². The highest BCUT2D eigenvalue weighted by atomic mass is 16.6. The lowest BCUT2D eigenvalue weighted by Crippen LogP contribution is -2.58. The van der Waals surface area contributed by atoms with Gasteiger partial charge < -0.3 is 30.3 Å². The molecule has 6 nitrogen and oxygen atoms in total. The van der Waals surface area contributed by atoms with E-state index in [4.69, 9.17) is 25.5 Å². The van der Waals surface area contributed by atoms with Crippen LogP contribution >= 0.6 is 0 Å². The molecule has 5 N–H and O–H groups in total. The zero-order valence-corrected chi connectivity index (χ0v) is 6.24. The zero-order valence-electron chi connectivity index (χ0n) is 6.24. The van der Waals surface area contributed by atoms with E-state index in [1.807, 2.05) is 0 Å². The smallest absolute Gasteiger partial charge is 0.184 e. The van der Waals surface area contributed by atoms with E-state index < -0.39 is 37.3 Å². The summed E-state index contributed by atoms with van der Waals surface area (Å²) in [5.41, 5.74) is 0. The Morgan fingerprint density at radius 1 is 0.917 bits per heavy atom.